The van der Waals surface area contributed by atoms with Gasteiger partial charge in [-0.1, -0.05) is 54.5 Å². The third kappa shape index (κ3) is 3.77. The van der Waals surface area contributed by atoms with E-state index in [9.17, 15) is 4.79 Å². The average Bonchev–Trinajstić information content (AvgIpc) is 3.27. The minimum atomic E-state index is -0.416. The Morgan fingerprint density at radius 3 is 2.46 bits per heavy atom. The molecule has 0 fully saturated rings. The van der Waals surface area contributed by atoms with Crippen LogP contribution in [0.3, 0.4) is 0 Å². The van der Waals surface area contributed by atoms with Gasteiger partial charge >= 0.3 is 6.09 Å². The molecule has 5 heteroatoms. The van der Waals surface area contributed by atoms with Gasteiger partial charge in [0.2, 0.25) is 0 Å². The molecule has 2 aromatic carbocycles. The maximum atomic E-state index is 12.1. The zero-order valence-electron chi connectivity index (χ0n) is 15.7. The summed E-state index contributed by atoms with van der Waals surface area (Å²) >= 11 is 0. The molecule has 140 valence electrons. The van der Waals surface area contributed by atoms with Crippen LogP contribution in [0.25, 0.3) is 11.1 Å². The zero-order valence-corrected chi connectivity index (χ0v) is 15.7. The minimum absolute atomic E-state index is 0.0709. The van der Waals surface area contributed by atoms with Crippen LogP contribution < -0.4 is 5.32 Å². The number of nitrogens with one attached hydrogen (secondary N) is 2. The summed E-state index contributed by atoms with van der Waals surface area (Å²) in [6.45, 7) is 2.64. The quantitative estimate of drug-likeness (QED) is 0.538. The van der Waals surface area contributed by atoms with Gasteiger partial charge in [-0.3, -0.25) is 0 Å². The second kappa shape index (κ2) is 8.01. The minimum Gasteiger partial charge on any atom is -0.449 e. The van der Waals surface area contributed by atoms with Crippen LogP contribution in [0.4, 0.5) is 4.79 Å². The lowest BCUT2D eigenvalue weighted by Crippen LogP contribution is -2.26. The Morgan fingerprint density at radius 2 is 1.82 bits per heavy atom. The number of carbonyl (C=O) groups is 1. The van der Waals surface area contributed by atoms with Crippen molar-refractivity contribution in [2.24, 2.45) is 0 Å². The van der Waals surface area contributed by atoms with E-state index < -0.39 is 6.09 Å². The lowest BCUT2D eigenvalue weighted by atomic mass is 9.98. The number of aromatic amines is 1. The van der Waals surface area contributed by atoms with Crippen LogP contribution in [0.5, 0.6) is 0 Å². The summed E-state index contributed by atoms with van der Waals surface area (Å²) in [6, 6.07) is 16.6. The first kappa shape index (κ1) is 17.9. The molecule has 0 bridgehead atoms. The predicted molar refractivity (Wildman–Crippen MR) is 108 cm³/mol. The van der Waals surface area contributed by atoms with Gasteiger partial charge in [-0.2, -0.15) is 0 Å². The lowest BCUT2D eigenvalue weighted by molar-refractivity contribution is 0.143. The van der Waals surface area contributed by atoms with E-state index in [2.05, 4.69) is 51.4 Å². The number of hydrogen-bond donors (Lipinski definition) is 2. The van der Waals surface area contributed by atoms with Crippen molar-refractivity contribution in [2.75, 3.05) is 13.2 Å². The number of alkyl carbamates (subject to hydrolysis) is 1. The summed E-state index contributed by atoms with van der Waals surface area (Å²) in [5.41, 5.74) is 5.63. The molecule has 0 saturated heterocycles. The Morgan fingerprint density at radius 1 is 1.14 bits per heavy atom. The van der Waals surface area contributed by atoms with Gasteiger partial charge in [-0.05, 0) is 35.1 Å². The van der Waals surface area contributed by atoms with Crippen LogP contribution in [0.1, 0.15) is 35.0 Å². The average molecular weight is 371 g/mol. The van der Waals surface area contributed by atoms with Crippen molar-refractivity contribution < 1.29 is 9.53 Å². The predicted octanol–water partition coefficient (Wildman–Crippen LogP) is 4.00. The Bertz CT molecular complexity index is 1010. The highest BCUT2D eigenvalue weighted by Crippen LogP contribution is 2.44. The van der Waals surface area contributed by atoms with E-state index in [1.807, 2.05) is 31.2 Å². The lowest BCUT2D eigenvalue weighted by Gasteiger charge is -2.14. The molecular weight excluding hydrogens is 350 g/mol. The molecule has 0 saturated carbocycles. The number of rotatable bonds is 4. The van der Waals surface area contributed by atoms with E-state index in [0.29, 0.717) is 19.6 Å². The van der Waals surface area contributed by atoms with Crippen LogP contribution >= 0.6 is 0 Å². The molecule has 1 aromatic heterocycles. The number of aryl methyl sites for hydroxylation is 1. The molecule has 0 aliphatic heterocycles. The number of carbonyl (C=O) groups excluding carboxylic acids is 1. The highest BCUT2D eigenvalue weighted by molar-refractivity contribution is 5.79. The molecule has 1 amide bonds. The Labute approximate surface area is 164 Å². The molecule has 1 aliphatic carbocycles. The molecule has 28 heavy (non-hydrogen) atoms. The second-order valence-electron chi connectivity index (χ2n) is 6.69. The van der Waals surface area contributed by atoms with E-state index in [1.54, 1.807) is 6.20 Å². The van der Waals surface area contributed by atoms with E-state index in [0.717, 1.165) is 11.5 Å². The standard InChI is InChI=1S/C23H21N3O2/c1-16-25-14-17(26-16)8-6-7-13-24-23(27)28-15-22-20-11-4-2-9-18(20)19-10-3-5-12-21(19)22/h2-5,9-12,14,22H,7,13,15H2,1H3,(H,24,27)(H,25,26). The molecule has 0 spiro atoms. The molecule has 2 N–H and O–H groups in total. The van der Waals surface area contributed by atoms with Crippen LogP contribution in [0, 0.1) is 18.8 Å². The molecule has 3 aromatic rings. The monoisotopic (exact) mass is 371 g/mol. The summed E-state index contributed by atoms with van der Waals surface area (Å²) < 4.78 is 5.49. The summed E-state index contributed by atoms with van der Waals surface area (Å²) in [5.74, 6) is 6.89. The van der Waals surface area contributed by atoms with Gasteiger partial charge in [0, 0.05) is 18.9 Å². The van der Waals surface area contributed by atoms with Gasteiger partial charge in [-0.15, -0.1) is 0 Å². The number of amides is 1. The second-order valence-corrected chi connectivity index (χ2v) is 6.69. The van der Waals surface area contributed by atoms with Crippen molar-refractivity contribution in [3.63, 3.8) is 0 Å². The fraction of sp³-hybridized carbons (Fsp3) is 0.217. The molecule has 4 rings (SSSR count). The van der Waals surface area contributed by atoms with Crippen molar-refractivity contribution >= 4 is 6.09 Å². The number of benzene rings is 2. The van der Waals surface area contributed by atoms with Gasteiger partial charge in [0.05, 0.1) is 6.20 Å². The smallest absolute Gasteiger partial charge is 0.407 e. The molecule has 1 heterocycles. The fourth-order valence-corrected chi connectivity index (χ4v) is 3.52. The van der Waals surface area contributed by atoms with Crippen molar-refractivity contribution in [1.82, 2.24) is 15.3 Å². The molecule has 1 aliphatic rings. The molecule has 5 nitrogen and oxygen atoms in total. The van der Waals surface area contributed by atoms with Crippen LogP contribution in [0.15, 0.2) is 54.7 Å². The first-order chi connectivity index (χ1) is 13.7. The number of fused-ring (bicyclic) bond motifs is 3. The van der Waals surface area contributed by atoms with Crippen molar-refractivity contribution in [1.29, 1.82) is 0 Å². The van der Waals surface area contributed by atoms with E-state index in [-0.39, 0.29) is 5.92 Å². The SMILES string of the molecule is Cc1ncc(C#CCCNC(=O)OCC2c3ccccc3-c3ccccc32)[nH]1. The number of hydrogen-bond acceptors (Lipinski definition) is 3. The fourth-order valence-electron chi connectivity index (χ4n) is 3.52. The summed E-state index contributed by atoms with van der Waals surface area (Å²) in [5, 5.41) is 2.76. The third-order valence-corrected chi connectivity index (χ3v) is 4.79. The number of aromatic nitrogens is 2. The Kier molecular flexibility index (Phi) is 5.11. The zero-order chi connectivity index (χ0) is 19.3. The van der Waals surface area contributed by atoms with Crippen LogP contribution in [-0.2, 0) is 4.74 Å². The van der Waals surface area contributed by atoms with Crippen molar-refractivity contribution in [2.45, 2.75) is 19.3 Å². The first-order valence-electron chi connectivity index (χ1n) is 9.31. The molecule has 0 atom stereocenters. The molecule has 0 radical (unpaired) electrons. The maximum absolute atomic E-state index is 12.1. The van der Waals surface area contributed by atoms with Gasteiger partial charge in [-0.25, -0.2) is 9.78 Å². The third-order valence-electron chi connectivity index (χ3n) is 4.79. The van der Waals surface area contributed by atoms with Gasteiger partial charge in [0.15, 0.2) is 0 Å². The largest absolute Gasteiger partial charge is 0.449 e. The Hall–Kier alpha value is -3.52. The highest BCUT2D eigenvalue weighted by Gasteiger charge is 2.28. The Balaban J connectivity index is 1.30. The number of H-pyrrole nitrogens is 1. The van der Waals surface area contributed by atoms with E-state index in [1.165, 1.54) is 22.3 Å². The van der Waals surface area contributed by atoms with Crippen LogP contribution in [-0.4, -0.2) is 29.2 Å². The van der Waals surface area contributed by atoms with Gasteiger partial charge in [0.25, 0.3) is 0 Å². The summed E-state index contributed by atoms with van der Waals surface area (Å²) in [7, 11) is 0. The molecular formula is C23H21N3O2. The topological polar surface area (TPSA) is 67.0 Å². The van der Waals surface area contributed by atoms with Crippen molar-refractivity contribution in [3.8, 4) is 23.0 Å². The number of nitrogens with zero attached hydrogens (tertiary/aromatic N) is 1. The van der Waals surface area contributed by atoms with E-state index in [4.69, 9.17) is 4.74 Å². The number of ether oxygens (including phenoxy) is 1. The summed E-state index contributed by atoms with van der Waals surface area (Å²) in [6.07, 6.45) is 1.82. The van der Waals surface area contributed by atoms with Crippen LogP contribution in [0.2, 0.25) is 0 Å². The number of imidazole rings is 1. The van der Waals surface area contributed by atoms with Gasteiger partial charge in [0.1, 0.15) is 18.1 Å². The maximum Gasteiger partial charge on any atom is 0.407 e. The van der Waals surface area contributed by atoms with E-state index >= 15 is 0 Å². The van der Waals surface area contributed by atoms with Gasteiger partial charge < -0.3 is 15.0 Å². The normalized spacial score (nSPS) is 11.9. The first-order valence-corrected chi connectivity index (χ1v) is 9.31. The molecule has 0 unspecified atom stereocenters. The summed E-state index contributed by atoms with van der Waals surface area (Å²) in [4.78, 5) is 19.2. The highest BCUT2D eigenvalue weighted by atomic mass is 16.5. The van der Waals surface area contributed by atoms with Crippen molar-refractivity contribution in [3.05, 3.63) is 77.4 Å².